The molecule has 0 saturated carbocycles. The minimum atomic E-state index is -0.177. The Labute approximate surface area is 137 Å². The molecule has 3 aromatic heterocycles. The number of pyridine rings is 2. The second-order valence-electron chi connectivity index (χ2n) is 5.51. The molecular formula is C18H15N5O. The third kappa shape index (κ3) is 2.44. The molecule has 0 fully saturated rings. The molecule has 6 nitrogen and oxygen atoms in total. The lowest BCUT2D eigenvalue weighted by atomic mass is 10.0. The molecule has 0 saturated heterocycles. The highest BCUT2D eigenvalue weighted by molar-refractivity contribution is 6.01. The molecule has 0 bridgehead atoms. The Morgan fingerprint density at radius 1 is 1.12 bits per heavy atom. The Morgan fingerprint density at radius 2 is 1.96 bits per heavy atom. The molecular weight excluding hydrogens is 302 g/mol. The van der Waals surface area contributed by atoms with E-state index in [0.717, 1.165) is 22.2 Å². The van der Waals surface area contributed by atoms with Crippen molar-refractivity contribution < 1.29 is 0 Å². The smallest absolute Gasteiger partial charge is 0.259 e. The lowest BCUT2D eigenvalue weighted by Gasteiger charge is -2.10. The fourth-order valence-electron chi connectivity index (χ4n) is 2.74. The second-order valence-corrected chi connectivity index (χ2v) is 5.51. The first kappa shape index (κ1) is 14.2. The van der Waals surface area contributed by atoms with Gasteiger partial charge in [-0.25, -0.2) is 4.98 Å². The molecule has 24 heavy (non-hydrogen) atoms. The molecule has 0 atom stereocenters. The first-order chi connectivity index (χ1) is 11.7. The third-order valence-corrected chi connectivity index (χ3v) is 3.86. The molecule has 0 unspecified atom stereocenters. The number of nitrogens with zero attached hydrogens (tertiary/aromatic N) is 3. The van der Waals surface area contributed by atoms with Gasteiger partial charge >= 0.3 is 0 Å². The highest BCUT2D eigenvalue weighted by atomic mass is 16.1. The van der Waals surface area contributed by atoms with Crippen molar-refractivity contribution in [1.82, 2.24) is 19.7 Å². The van der Waals surface area contributed by atoms with Gasteiger partial charge in [-0.1, -0.05) is 18.2 Å². The van der Waals surface area contributed by atoms with Gasteiger partial charge in [0.15, 0.2) is 0 Å². The maximum absolute atomic E-state index is 12.4. The quantitative estimate of drug-likeness (QED) is 0.609. The number of H-pyrrole nitrogens is 1. The van der Waals surface area contributed by atoms with Gasteiger partial charge in [-0.3, -0.25) is 9.48 Å². The van der Waals surface area contributed by atoms with Crippen molar-refractivity contribution in [3.8, 4) is 11.1 Å². The summed E-state index contributed by atoms with van der Waals surface area (Å²) in [5, 5.41) is 8.78. The van der Waals surface area contributed by atoms with E-state index in [2.05, 4.69) is 20.4 Å². The van der Waals surface area contributed by atoms with Crippen LogP contribution < -0.4 is 10.9 Å². The first-order valence-corrected chi connectivity index (χ1v) is 7.54. The van der Waals surface area contributed by atoms with E-state index in [4.69, 9.17) is 0 Å². The molecule has 0 aliphatic carbocycles. The summed E-state index contributed by atoms with van der Waals surface area (Å²) in [6.45, 7) is 0. The zero-order valence-corrected chi connectivity index (χ0v) is 13.0. The van der Waals surface area contributed by atoms with Gasteiger partial charge in [0.05, 0.1) is 11.6 Å². The number of benzene rings is 1. The number of nitrogens with one attached hydrogen (secondary N) is 2. The van der Waals surface area contributed by atoms with Crippen LogP contribution in [0.1, 0.15) is 0 Å². The number of hydrogen-bond donors (Lipinski definition) is 2. The van der Waals surface area contributed by atoms with Crippen LogP contribution in [-0.4, -0.2) is 19.7 Å². The van der Waals surface area contributed by atoms with Crippen molar-refractivity contribution in [2.75, 3.05) is 5.32 Å². The normalized spacial score (nSPS) is 10.9. The Balaban J connectivity index is 1.93. The largest absolute Gasteiger partial charge is 0.340 e. The zero-order chi connectivity index (χ0) is 16.5. The summed E-state index contributed by atoms with van der Waals surface area (Å²) in [4.78, 5) is 19.6. The SMILES string of the molecule is Cn1cc(-c2cnc(Nc3ccccc3)c3c(=O)[nH]ccc23)cn1. The Kier molecular flexibility index (Phi) is 3.35. The Hall–Kier alpha value is -3.41. The summed E-state index contributed by atoms with van der Waals surface area (Å²) >= 11 is 0. The molecule has 6 heteroatoms. The Bertz CT molecular complexity index is 1070. The van der Waals surface area contributed by atoms with Gasteiger partial charge in [0.1, 0.15) is 5.82 Å². The van der Waals surface area contributed by atoms with Gasteiger partial charge in [-0.2, -0.15) is 5.10 Å². The van der Waals surface area contributed by atoms with Crippen molar-refractivity contribution >= 4 is 22.3 Å². The Morgan fingerprint density at radius 3 is 2.71 bits per heavy atom. The molecule has 118 valence electrons. The lowest BCUT2D eigenvalue weighted by Crippen LogP contribution is -2.09. The van der Waals surface area contributed by atoms with E-state index in [9.17, 15) is 4.79 Å². The van der Waals surface area contributed by atoms with Crippen LogP contribution in [0.5, 0.6) is 0 Å². The summed E-state index contributed by atoms with van der Waals surface area (Å²) in [5.41, 5.74) is 2.50. The predicted octanol–water partition coefficient (Wildman–Crippen LogP) is 3.07. The highest BCUT2D eigenvalue weighted by Crippen LogP contribution is 2.30. The van der Waals surface area contributed by atoms with Crippen molar-refractivity contribution in [1.29, 1.82) is 0 Å². The molecule has 0 spiro atoms. The van der Waals surface area contributed by atoms with Crippen LogP contribution in [0.15, 0.2) is 66.0 Å². The van der Waals surface area contributed by atoms with E-state index >= 15 is 0 Å². The van der Waals surface area contributed by atoms with Gasteiger partial charge in [0, 0.05) is 47.8 Å². The van der Waals surface area contributed by atoms with Crippen LogP contribution in [0, 0.1) is 0 Å². The van der Waals surface area contributed by atoms with Gasteiger partial charge < -0.3 is 10.3 Å². The number of aromatic nitrogens is 4. The number of hydrogen-bond acceptors (Lipinski definition) is 4. The van der Waals surface area contributed by atoms with Crippen LogP contribution >= 0.6 is 0 Å². The monoisotopic (exact) mass is 317 g/mol. The summed E-state index contributed by atoms with van der Waals surface area (Å²) in [6.07, 6.45) is 7.09. The first-order valence-electron chi connectivity index (χ1n) is 7.54. The molecule has 4 rings (SSSR count). The number of para-hydroxylation sites is 1. The van der Waals surface area contributed by atoms with Crippen LogP contribution in [0.4, 0.5) is 11.5 Å². The molecule has 1 aromatic carbocycles. The van der Waals surface area contributed by atoms with E-state index in [-0.39, 0.29) is 5.56 Å². The van der Waals surface area contributed by atoms with Crippen LogP contribution in [0.3, 0.4) is 0 Å². The minimum absolute atomic E-state index is 0.177. The molecule has 0 aliphatic heterocycles. The van der Waals surface area contributed by atoms with E-state index in [1.165, 1.54) is 0 Å². The van der Waals surface area contributed by atoms with Crippen molar-refractivity contribution in [2.45, 2.75) is 0 Å². The number of aromatic amines is 1. The molecule has 0 aliphatic rings. The maximum atomic E-state index is 12.4. The average Bonchev–Trinajstić information content (AvgIpc) is 3.02. The summed E-state index contributed by atoms with van der Waals surface area (Å²) in [7, 11) is 1.86. The van der Waals surface area contributed by atoms with E-state index in [1.54, 1.807) is 23.3 Å². The molecule has 0 amide bonds. The zero-order valence-electron chi connectivity index (χ0n) is 13.0. The number of anilines is 2. The van der Waals surface area contributed by atoms with Gasteiger partial charge in [-0.15, -0.1) is 0 Å². The van der Waals surface area contributed by atoms with Crippen molar-refractivity contribution in [3.05, 3.63) is 71.5 Å². The van der Waals surface area contributed by atoms with Crippen LogP contribution in [0.25, 0.3) is 21.9 Å². The van der Waals surface area contributed by atoms with Crippen LogP contribution in [-0.2, 0) is 7.05 Å². The summed E-state index contributed by atoms with van der Waals surface area (Å²) in [5.74, 6) is 0.533. The summed E-state index contributed by atoms with van der Waals surface area (Å²) in [6, 6.07) is 11.5. The molecule has 4 aromatic rings. The highest BCUT2D eigenvalue weighted by Gasteiger charge is 2.13. The molecule has 0 radical (unpaired) electrons. The average molecular weight is 317 g/mol. The van der Waals surface area contributed by atoms with Gasteiger partial charge in [0.2, 0.25) is 0 Å². The number of fused-ring (bicyclic) bond motifs is 1. The minimum Gasteiger partial charge on any atom is -0.340 e. The molecule has 2 N–H and O–H groups in total. The fraction of sp³-hybridized carbons (Fsp3) is 0.0556. The fourth-order valence-corrected chi connectivity index (χ4v) is 2.74. The number of aryl methyl sites for hydroxylation is 1. The van der Waals surface area contributed by atoms with Gasteiger partial charge in [0.25, 0.3) is 5.56 Å². The predicted molar refractivity (Wildman–Crippen MR) is 94.3 cm³/mol. The topological polar surface area (TPSA) is 75.6 Å². The third-order valence-electron chi connectivity index (χ3n) is 3.86. The number of rotatable bonds is 3. The maximum Gasteiger partial charge on any atom is 0.259 e. The summed E-state index contributed by atoms with van der Waals surface area (Å²) < 4.78 is 1.73. The van der Waals surface area contributed by atoms with E-state index in [1.807, 2.05) is 49.6 Å². The van der Waals surface area contributed by atoms with E-state index in [0.29, 0.717) is 11.2 Å². The second kappa shape index (κ2) is 5.66. The van der Waals surface area contributed by atoms with E-state index < -0.39 is 0 Å². The lowest BCUT2D eigenvalue weighted by molar-refractivity contribution is 0.768. The van der Waals surface area contributed by atoms with Crippen LogP contribution in [0.2, 0.25) is 0 Å². The van der Waals surface area contributed by atoms with Gasteiger partial charge in [-0.05, 0) is 18.2 Å². The standard InChI is InChI=1S/C18H15N5O/c1-23-11-12(9-21-23)15-10-20-17(22-13-5-3-2-4-6-13)16-14(15)7-8-19-18(16)24/h2-11H,1H3,(H,19,24)(H,20,22). The molecule has 3 heterocycles. The van der Waals surface area contributed by atoms with Crippen molar-refractivity contribution in [2.24, 2.45) is 7.05 Å². The van der Waals surface area contributed by atoms with Crippen molar-refractivity contribution in [3.63, 3.8) is 0 Å².